The van der Waals surface area contributed by atoms with E-state index in [2.05, 4.69) is 31.3 Å². The highest BCUT2D eigenvalue weighted by atomic mass is 79.9. The van der Waals surface area contributed by atoms with Crippen LogP contribution >= 0.6 is 39.9 Å². The van der Waals surface area contributed by atoms with Crippen molar-refractivity contribution in [2.75, 3.05) is 16.9 Å². The quantitative estimate of drug-likeness (QED) is 0.511. The minimum Gasteiger partial charge on any atom is -0.383 e. The molecule has 3 rings (SSSR count). The molecule has 24 heavy (non-hydrogen) atoms. The van der Waals surface area contributed by atoms with Crippen molar-refractivity contribution in [1.82, 2.24) is 15.0 Å². The molecule has 2 heterocycles. The van der Waals surface area contributed by atoms with Crippen molar-refractivity contribution in [2.45, 2.75) is 0 Å². The molecule has 1 aliphatic rings. The standard InChI is InChI=1S/C14H11BrN6OS2/c15-8-3-1-2-7(4-8)5-9-12(22)21(14(23)24-9)20-13-18-10(16)6-11(17)19-13/h1-6H,(H5,16,17,18,19,20). The van der Waals surface area contributed by atoms with Gasteiger partial charge in [0.15, 0.2) is 4.32 Å². The molecule has 1 aromatic heterocycles. The summed E-state index contributed by atoms with van der Waals surface area (Å²) in [5.41, 5.74) is 14.9. The molecular formula is C14H11BrN6OS2. The minimum atomic E-state index is -0.297. The number of nitrogen functional groups attached to an aromatic ring is 2. The summed E-state index contributed by atoms with van der Waals surface area (Å²) in [5.74, 6) is 0.197. The van der Waals surface area contributed by atoms with Crippen molar-refractivity contribution >= 4 is 73.8 Å². The molecule has 10 heteroatoms. The molecule has 0 radical (unpaired) electrons. The van der Waals surface area contributed by atoms with Crippen LogP contribution in [0.15, 0.2) is 39.7 Å². The molecule has 1 saturated heterocycles. The van der Waals surface area contributed by atoms with Crippen molar-refractivity contribution in [3.05, 3.63) is 45.3 Å². The first-order valence-electron chi connectivity index (χ1n) is 6.62. The number of carbonyl (C=O) groups is 1. The number of benzene rings is 1. The summed E-state index contributed by atoms with van der Waals surface area (Å²) in [5, 5.41) is 1.19. The number of anilines is 3. The van der Waals surface area contributed by atoms with Crippen LogP contribution in [-0.2, 0) is 4.79 Å². The third-order valence-corrected chi connectivity index (χ3v) is 4.71. The van der Waals surface area contributed by atoms with E-state index < -0.39 is 0 Å². The summed E-state index contributed by atoms with van der Waals surface area (Å²) in [6.07, 6.45) is 1.76. The molecule has 1 aromatic carbocycles. The smallest absolute Gasteiger partial charge is 0.285 e. The van der Waals surface area contributed by atoms with Crippen LogP contribution in [0.5, 0.6) is 0 Å². The van der Waals surface area contributed by atoms with E-state index in [0.717, 1.165) is 10.0 Å². The summed E-state index contributed by atoms with van der Waals surface area (Å²) in [6.45, 7) is 0. The fourth-order valence-electron chi connectivity index (χ4n) is 1.95. The zero-order valence-corrected chi connectivity index (χ0v) is 15.3. The average Bonchev–Trinajstić information content (AvgIpc) is 2.74. The van der Waals surface area contributed by atoms with E-state index >= 15 is 0 Å². The molecule has 0 bridgehead atoms. The van der Waals surface area contributed by atoms with Gasteiger partial charge in [-0.15, -0.1) is 0 Å². The van der Waals surface area contributed by atoms with Gasteiger partial charge in [-0.3, -0.25) is 10.2 Å². The molecule has 0 atom stereocenters. The van der Waals surface area contributed by atoms with E-state index in [9.17, 15) is 4.79 Å². The Morgan fingerprint density at radius 1 is 1.25 bits per heavy atom. The first-order chi connectivity index (χ1) is 11.4. The van der Waals surface area contributed by atoms with Crippen molar-refractivity contribution < 1.29 is 4.79 Å². The SMILES string of the molecule is Nc1cc(N)nc(NN2C(=O)C(=Cc3cccc(Br)c3)SC2=S)n1. The van der Waals surface area contributed by atoms with Gasteiger partial charge in [-0.2, -0.15) is 15.0 Å². The Morgan fingerprint density at radius 2 is 1.96 bits per heavy atom. The largest absolute Gasteiger partial charge is 0.383 e. The monoisotopic (exact) mass is 422 g/mol. The molecular weight excluding hydrogens is 412 g/mol. The lowest BCUT2D eigenvalue weighted by Crippen LogP contribution is -2.34. The van der Waals surface area contributed by atoms with Gasteiger partial charge in [-0.1, -0.05) is 39.8 Å². The third kappa shape index (κ3) is 3.66. The Morgan fingerprint density at radius 3 is 2.62 bits per heavy atom. The highest BCUT2D eigenvalue weighted by Crippen LogP contribution is 2.32. The molecule has 122 valence electrons. The average molecular weight is 423 g/mol. The number of halogens is 1. The number of hydrogen-bond acceptors (Lipinski definition) is 8. The van der Waals surface area contributed by atoms with Crippen molar-refractivity contribution in [3.63, 3.8) is 0 Å². The number of hydrazine groups is 1. The Labute approximate surface area is 155 Å². The zero-order chi connectivity index (χ0) is 17.3. The molecule has 1 aliphatic heterocycles. The summed E-state index contributed by atoms with van der Waals surface area (Å²) in [4.78, 5) is 21.0. The Bertz CT molecular complexity index is 852. The minimum absolute atomic E-state index is 0.104. The lowest BCUT2D eigenvalue weighted by molar-refractivity contribution is -0.121. The van der Waals surface area contributed by atoms with Crippen LogP contribution in [0.25, 0.3) is 6.08 Å². The summed E-state index contributed by atoms with van der Waals surface area (Å²) < 4.78 is 1.26. The number of nitrogens with zero attached hydrogens (tertiary/aromatic N) is 3. The van der Waals surface area contributed by atoms with Crippen molar-refractivity contribution in [1.29, 1.82) is 0 Å². The van der Waals surface area contributed by atoms with E-state index in [4.69, 9.17) is 23.7 Å². The van der Waals surface area contributed by atoms with Gasteiger partial charge in [0.2, 0.25) is 5.95 Å². The van der Waals surface area contributed by atoms with E-state index in [-0.39, 0.29) is 23.5 Å². The molecule has 0 saturated carbocycles. The Balaban J connectivity index is 1.84. The number of aromatic nitrogens is 2. The number of thiocarbonyl (C=S) groups is 1. The third-order valence-electron chi connectivity index (χ3n) is 2.92. The summed E-state index contributed by atoms with van der Waals surface area (Å²) >= 11 is 9.82. The van der Waals surface area contributed by atoms with Crippen molar-refractivity contribution in [2.24, 2.45) is 0 Å². The van der Waals surface area contributed by atoms with Crippen LogP contribution in [-0.4, -0.2) is 25.2 Å². The first kappa shape index (κ1) is 16.7. The topological polar surface area (TPSA) is 110 Å². The maximum Gasteiger partial charge on any atom is 0.285 e. The second-order valence-corrected chi connectivity index (χ2v) is 7.32. The summed E-state index contributed by atoms with van der Waals surface area (Å²) in [7, 11) is 0. The zero-order valence-electron chi connectivity index (χ0n) is 12.1. The molecule has 2 aromatic rings. The number of hydrogen-bond donors (Lipinski definition) is 3. The van der Waals surface area contributed by atoms with Gasteiger partial charge in [0.05, 0.1) is 4.91 Å². The predicted molar refractivity (Wildman–Crippen MR) is 104 cm³/mol. The highest BCUT2D eigenvalue weighted by Gasteiger charge is 2.33. The van der Waals surface area contributed by atoms with Gasteiger partial charge >= 0.3 is 0 Å². The van der Waals surface area contributed by atoms with E-state index in [1.54, 1.807) is 6.08 Å². The molecule has 0 spiro atoms. The molecule has 1 amide bonds. The summed E-state index contributed by atoms with van der Waals surface area (Å²) in [6, 6.07) is 9.01. The van der Waals surface area contributed by atoms with Gasteiger partial charge < -0.3 is 11.5 Å². The van der Waals surface area contributed by atoms with E-state index in [0.29, 0.717) is 9.23 Å². The number of rotatable bonds is 3. The van der Waals surface area contributed by atoms with Crippen LogP contribution in [0.3, 0.4) is 0 Å². The molecule has 0 aliphatic carbocycles. The van der Waals surface area contributed by atoms with Gasteiger partial charge in [-0.25, -0.2) is 0 Å². The van der Waals surface area contributed by atoms with Crippen LogP contribution in [0, 0.1) is 0 Å². The van der Waals surface area contributed by atoms with Crippen LogP contribution in [0.1, 0.15) is 5.56 Å². The normalized spacial score (nSPS) is 16.0. The number of thioether (sulfide) groups is 1. The van der Waals surface area contributed by atoms with Gasteiger partial charge in [-0.05, 0) is 36.0 Å². The Hall–Kier alpha value is -2.17. The highest BCUT2D eigenvalue weighted by molar-refractivity contribution is 9.10. The molecule has 0 unspecified atom stereocenters. The fourth-order valence-corrected chi connectivity index (χ4v) is 3.54. The number of nitrogens with two attached hydrogens (primary N) is 2. The van der Waals surface area contributed by atoms with Crippen LogP contribution in [0.4, 0.5) is 17.6 Å². The molecule has 7 nitrogen and oxygen atoms in total. The second-order valence-electron chi connectivity index (χ2n) is 4.73. The lowest BCUT2D eigenvalue weighted by Gasteiger charge is -2.15. The van der Waals surface area contributed by atoms with E-state index in [1.165, 1.54) is 22.8 Å². The maximum atomic E-state index is 12.5. The van der Waals surface area contributed by atoms with Crippen LogP contribution in [0.2, 0.25) is 0 Å². The number of nitrogens with one attached hydrogen (secondary N) is 1. The van der Waals surface area contributed by atoms with Gasteiger partial charge in [0.1, 0.15) is 11.6 Å². The van der Waals surface area contributed by atoms with Crippen molar-refractivity contribution in [3.8, 4) is 0 Å². The number of amides is 1. The lowest BCUT2D eigenvalue weighted by atomic mass is 10.2. The fraction of sp³-hybridized carbons (Fsp3) is 0. The molecule has 5 N–H and O–H groups in total. The van der Waals surface area contributed by atoms with E-state index in [1.807, 2.05) is 24.3 Å². The first-order valence-corrected chi connectivity index (χ1v) is 8.64. The maximum absolute atomic E-state index is 12.5. The molecule has 1 fully saturated rings. The Kier molecular flexibility index (Phi) is 4.69. The van der Waals surface area contributed by atoms with Crippen LogP contribution < -0.4 is 16.9 Å². The number of carbonyl (C=O) groups excluding carboxylic acids is 1. The second kappa shape index (κ2) is 6.75. The van der Waals surface area contributed by atoms with Gasteiger partial charge in [0, 0.05) is 10.5 Å². The predicted octanol–water partition coefficient (Wildman–Crippen LogP) is 2.63. The van der Waals surface area contributed by atoms with Gasteiger partial charge in [0.25, 0.3) is 5.91 Å².